The van der Waals surface area contributed by atoms with Crippen LogP contribution in [0.1, 0.15) is 29.2 Å². The van der Waals surface area contributed by atoms with Crippen LogP contribution in [-0.4, -0.2) is 18.7 Å². The third-order valence-electron chi connectivity index (χ3n) is 3.56. The van der Waals surface area contributed by atoms with E-state index in [0.717, 1.165) is 31.4 Å². The molecule has 2 rings (SSSR count). The minimum absolute atomic E-state index is 0.146. The number of hydrogen-bond acceptors (Lipinski definition) is 3. The largest absolute Gasteiger partial charge is 0.492 e. The Kier molecular flexibility index (Phi) is 7.20. The molecule has 0 spiro atoms. The van der Waals surface area contributed by atoms with E-state index in [2.05, 4.69) is 48.5 Å². The number of rotatable bonds is 6. The zero-order chi connectivity index (χ0) is 18.4. The Balaban J connectivity index is 1.99. The number of ether oxygens (including phenoxy) is 1. The fourth-order valence-corrected chi connectivity index (χ4v) is 3.82. The van der Waals surface area contributed by atoms with E-state index in [0.29, 0.717) is 13.0 Å². The Morgan fingerprint density at radius 3 is 2.48 bits per heavy atom. The molecule has 1 N–H and O–H groups in total. The summed E-state index contributed by atoms with van der Waals surface area (Å²) in [5, 5.41) is 4.04. The fraction of sp³-hybridized carbons (Fsp3) is 0.263. The van der Waals surface area contributed by atoms with Crippen LogP contribution < -0.4 is 10.2 Å². The normalized spacial score (nSPS) is 10.9. The highest BCUT2D eigenvalue weighted by molar-refractivity contribution is 9.11. The molecule has 0 heterocycles. The summed E-state index contributed by atoms with van der Waals surface area (Å²) in [4.78, 5) is 12.0. The molecule has 6 heteroatoms. The maximum absolute atomic E-state index is 12.0. The van der Waals surface area contributed by atoms with Crippen LogP contribution in [0.2, 0.25) is 0 Å². The molecule has 0 aromatic heterocycles. The number of hydrogen-bond donors (Lipinski definition) is 1. The number of nitrogens with one attached hydrogen (secondary N) is 1. The number of aryl methyl sites for hydroxylation is 2. The molecule has 0 unspecified atom stereocenters. The quantitative estimate of drug-likeness (QED) is 0.484. The first kappa shape index (κ1) is 19.7. The van der Waals surface area contributed by atoms with Crippen molar-refractivity contribution < 1.29 is 9.53 Å². The maximum atomic E-state index is 12.0. The number of carbonyl (C=O) groups excluding carboxylic acids is 1. The summed E-state index contributed by atoms with van der Waals surface area (Å²) in [6.07, 6.45) is 1.91. The van der Waals surface area contributed by atoms with Crippen LogP contribution in [0.5, 0.6) is 5.75 Å². The fourth-order valence-electron chi connectivity index (χ4n) is 2.37. The second kappa shape index (κ2) is 9.15. The van der Waals surface area contributed by atoms with Crippen molar-refractivity contribution in [3.63, 3.8) is 0 Å². The summed E-state index contributed by atoms with van der Waals surface area (Å²) >= 11 is 6.95. The van der Waals surface area contributed by atoms with Crippen molar-refractivity contribution in [3.05, 3.63) is 61.5 Å². The van der Waals surface area contributed by atoms with Gasteiger partial charge in [-0.2, -0.15) is 5.10 Å². The first-order valence-electron chi connectivity index (χ1n) is 7.90. The summed E-state index contributed by atoms with van der Waals surface area (Å²) in [5.74, 6) is 0.603. The number of benzene rings is 2. The minimum Gasteiger partial charge on any atom is -0.492 e. The Morgan fingerprint density at radius 1 is 1.20 bits per heavy atom. The molecule has 132 valence electrons. The second-order valence-corrected chi connectivity index (χ2v) is 7.36. The minimum atomic E-state index is -0.146. The van der Waals surface area contributed by atoms with Crippen molar-refractivity contribution in [2.24, 2.45) is 5.10 Å². The summed E-state index contributed by atoms with van der Waals surface area (Å²) in [6.45, 7) is 6.56. The van der Waals surface area contributed by atoms with Crippen LogP contribution in [0.4, 0.5) is 0 Å². The van der Waals surface area contributed by atoms with Crippen LogP contribution in [0, 0.1) is 13.8 Å². The second-order valence-electron chi connectivity index (χ2n) is 5.65. The molecule has 4 nitrogen and oxygen atoms in total. The molecule has 0 atom stereocenters. The van der Waals surface area contributed by atoms with Gasteiger partial charge in [0.05, 0.1) is 28.2 Å². The van der Waals surface area contributed by atoms with Crippen LogP contribution in [0.15, 0.2) is 44.4 Å². The summed E-state index contributed by atoms with van der Waals surface area (Å²) < 4.78 is 7.19. The Morgan fingerprint density at radius 2 is 1.88 bits per heavy atom. The van der Waals surface area contributed by atoms with Gasteiger partial charge in [0.2, 0.25) is 5.91 Å². The maximum Gasteiger partial charge on any atom is 0.244 e. The average molecular weight is 468 g/mol. The van der Waals surface area contributed by atoms with Gasteiger partial charge in [-0.3, -0.25) is 4.79 Å². The predicted octanol–water partition coefficient (Wildman–Crippen LogP) is 4.92. The molecule has 2 aromatic rings. The summed E-state index contributed by atoms with van der Waals surface area (Å²) in [7, 11) is 0. The van der Waals surface area contributed by atoms with Gasteiger partial charge in [0.1, 0.15) is 5.75 Å². The van der Waals surface area contributed by atoms with Crippen molar-refractivity contribution in [1.82, 2.24) is 5.43 Å². The van der Waals surface area contributed by atoms with E-state index >= 15 is 0 Å². The van der Waals surface area contributed by atoms with Gasteiger partial charge < -0.3 is 4.74 Å². The van der Waals surface area contributed by atoms with E-state index < -0.39 is 0 Å². The molecule has 0 saturated carbocycles. The number of hydrazone groups is 1. The van der Waals surface area contributed by atoms with Gasteiger partial charge in [-0.15, -0.1) is 0 Å². The number of halogens is 2. The molecule has 0 fully saturated rings. The van der Waals surface area contributed by atoms with E-state index in [-0.39, 0.29) is 5.91 Å². The summed E-state index contributed by atoms with van der Waals surface area (Å²) in [6, 6.07) is 9.83. The van der Waals surface area contributed by atoms with Gasteiger partial charge in [0.25, 0.3) is 0 Å². The highest BCUT2D eigenvalue weighted by Crippen LogP contribution is 2.34. The molecular weight excluding hydrogens is 448 g/mol. The molecule has 1 amide bonds. The van der Waals surface area contributed by atoms with Gasteiger partial charge in [-0.25, -0.2) is 5.43 Å². The summed E-state index contributed by atoms with van der Waals surface area (Å²) in [5.41, 5.74) is 6.71. The van der Waals surface area contributed by atoms with E-state index in [1.54, 1.807) is 6.21 Å². The number of carbonyl (C=O) groups is 1. The smallest absolute Gasteiger partial charge is 0.244 e. The molecule has 0 saturated heterocycles. The van der Waals surface area contributed by atoms with Gasteiger partial charge in [-0.05, 0) is 81.5 Å². The first-order chi connectivity index (χ1) is 11.9. The SMILES string of the molecule is CCOc1c(Br)cc(/C=N\NC(=O)Cc2ccc(C)cc2C)cc1Br. The molecule has 2 aromatic carbocycles. The van der Waals surface area contributed by atoms with E-state index in [1.807, 2.05) is 45.0 Å². The molecule has 0 aliphatic carbocycles. The monoisotopic (exact) mass is 466 g/mol. The van der Waals surface area contributed by atoms with Crippen LogP contribution in [0.3, 0.4) is 0 Å². The zero-order valence-corrected chi connectivity index (χ0v) is 17.6. The third kappa shape index (κ3) is 5.68. The van der Waals surface area contributed by atoms with Crippen molar-refractivity contribution >= 4 is 44.0 Å². The Bertz CT molecular complexity index is 781. The van der Waals surface area contributed by atoms with Crippen LogP contribution in [-0.2, 0) is 11.2 Å². The van der Waals surface area contributed by atoms with Gasteiger partial charge in [0.15, 0.2) is 0 Å². The standard InChI is InChI=1S/C19H20Br2N2O2/c1-4-25-19-16(20)8-14(9-17(19)21)11-22-23-18(24)10-15-6-5-12(2)7-13(15)3/h5-9,11H,4,10H2,1-3H3,(H,23,24)/b22-11-. The van der Waals surface area contributed by atoms with Crippen molar-refractivity contribution in [2.45, 2.75) is 27.2 Å². The third-order valence-corrected chi connectivity index (χ3v) is 4.74. The zero-order valence-electron chi connectivity index (χ0n) is 14.4. The highest BCUT2D eigenvalue weighted by Gasteiger charge is 2.08. The molecule has 25 heavy (non-hydrogen) atoms. The van der Waals surface area contributed by atoms with Gasteiger partial charge in [-0.1, -0.05) is 23.8 Å². The Hall–Kier alpha value is -1.66. The Labute approximate surface area is 164 Å². The van der Waals surface area contributed by atoms with E-state index in [9.17, 15) is 4.79 Å². The molecule has 0 radical (unpaired) electrons. The van der Waals surface area contributed by atoms with Gasteiger partial charge in [0, 0.05) is 0 Å². The predicted molar refractivity (Wildman–Crippen MR) is 108 cm³/mol. The number of nitrogens with zero attached hydrogens (tertiary/aromatic N) is 1. The van der Waals surface area contributed by atoms with E-state index in [4.69, 9.17) is 4.74 Å². The highest BCUT2D eigenvalue weighted by atomic mass is 79.9. The average Bonchev–Trinajstić information content (AvgIpc) is 2.54. The van der Waals surface area contributed by atoms with E-state index in [1.165, 1.54) is 5.56 Å². The lowest BCUT2D eigenvalue weighted by Crippen LogP contribution is -2.20. The van der Waals surface area contributed by atoms with Crippen molar-refractivity contribution in [2.75, 3.05) is 6.61 Å². The van der Waals surface area contributed by atoms with Crippen LogP contribution in [0.25, 0.3) is 0 Å². The molecular formula is C19H20Br2N2O2. The topological polar surface area (TPSA) is 50.7 Å². The molecule has 0 aliphatic heterocycles. The van der Waals surface area contributed by atoms with Gasteiger partial charge >= 0.3 is 0 Å². The number of amides is 1. The molecule has 0 bridgehead atoms. The molecule has 0 aliphatic rings. The lowest BCUT2D eigenvalue weighted by atomic mass is 10.0. The van der Waals surface area contributed by atoms with Crippen LogP contribution >= 0.6 is 31.9 Å². The van der Waals surface area contributed by atoms with Crippen molar-refractivity contribution in [1.29, 1.82) is 0 Å². The van der Waals surface area contributed by atoms with Crippen molar-refractivity contribution in [3.8, 4) is 5.75 Å². The lowest BCUT2D eigenvalue weighted by molar-refractivity contribution is -0.120. The lowest BCUT2D eigenvalue weighted by Gasteiger charge is -2.09. The first-order valence-corrected chi connectivity index (χ1v) is 9.49.